The minimum atomic E-state index is -0.600. The van der Waals surface area contributed by atoms with Crippen molar-refractivity contribution in [2.45, 2.75) is 70.9 Å². The number of fused-ring (bicyclic) bond motifs is 1. The van der Waals surface area contributed by atoms with E-state index >= 15 is 0 Å². The summed E-state index contributed by atoms with van der Waals surface area (Å²) in [5, 5.41) is 4.00. The number of aryl methyl sites for hydroxylation is 1. The SMILES string of the molecule is CCc1cc(=O)oc2cc(OC(C)C(=O)NC3CCCCCC3)ccc12. The first-order valence-corrected chi connectivity index (χ1v) is 9.60. The Balaban J connectivity index is 1.69. The van der Waals surface area contributed by atoms with E-state index in [-0.39, 0.29) is 17.6 Å². The molecule has 0 spiro atoms. The van der Waals surface area contributed by atoms with Crippen molar-refractivity contribution in [3.63, 3.8) is 0 Å². The maximum atomic E-state index is 12.4. The van der Waals surface area contributed by atoms with Crippen molar-refractivity contribution in [1.82, 2.24) is 5.32 Å². The number of benzene rings is 1. The van der Waals surface area contributed by atoms with E-state index in [1.54, 1.807) is 13.0 Å². The summed E-state index contributed by atoms with van der Waals surface area (Å²) in [5.74, 6) is 0.429. The molecular weight excluding hydrogens is 330 g/mol. The molecular formula is C21H27NO4. The zero-order valence-corrected chi connectivity index (χ0v) is 15.5. The van der Waals surface area contributed by atoms with Crippen LogP contribution in [0.1, 0.15) is 57.9 Å². The molecule has 0 bridgehead atoms. The molecule has 26 heavy (non-hydrogen) atoms. The third-order valence-electron chi connectivity index (χ3n) is 5.07. The molecule has 2 aromatic rings. The molecule has 1 atom stereocenters. The number of ether oxygens (including phenoxy) is 1. The molecule has 0 saturated heterocycles. The van der Waals surface area contributed by atoms with Crippen molar-refractivity contribution in [1.29, 1.82) is 0 Å². The van der Waals surface area contributed by atoms with E-state index in [0.717, 1.165) is 30.2 Å². The van der Waals surface area contributed by atoms with Crippen molar-refractivity contribution >= 4 is 16.9 Å². The molecule has 0 aliphatic heterocycles. The van der Waals surface area contributed by atoms with Gasteiger partial charge < -0.3 is 14.5 Å². The van der Waals surface area contributed by atoms with Gasteiger partial charge in [0.1, 0.15) is 11.3 Å². The molecule has 5 heteroatoms. The Kier molecular flexibility index (Phi) is 5.96. The van der Waals surface area contributed by atoms with Crippen molar-refractivity contribution in [3.8, 4) is 5.75 Å². The Bertz CT molecular complexity index is 818. The number of hydrogen-bond acceptors (Lipinski definition) is 4. The van der Waals surface area contributed by atoms with Crippen LogP contribution in [0.3, 0.4) is 0 Å². The summed E-state index contributed by atoms with van der Waals surface area (Å²) in [4.78, 5) is 24.1. The third kappa shape index (κ3) is 4.45. The summed E-state index contributed by atoms with van der Waals surface area (Å²) in [7, 11) is 0. The molecule has 1 heterocycles. The molecule has 140 valence electrons. The van der Waals surface area contributed by atoms with Crippen molar-refractivity contribution in [2.75, 3.05) is 0 Å². The zero-order chi connectivity index (χ0) is 18.5. The Hall–Kier alpha value is -2.30. The molecule has 0 radical (unpaired) electrons. The molecule has 1 aliphatic carbocycles. The lowest BCUT2D eigenvalue weighted by Gasteiger charge is -2.20. The van der Waals surface area contributed by atoms with E-state index in [4.69, 9.17) is 9.15 Å². The number of nitrogens with one attached hydrogen (secondary N) is 1. The van der Waals surface area contributed by atoms with Gasteiger partial charge in [0.15, 0.2) is 6.10 Å². The monoisotopic (exact) mass is 357 g/mol. The van der Waals surface area contributed by atoms with Crippen LogP contribution >= 0.6 is 0 Å². The first-order chi connectivity index (χ1) is 12.6. The maximum absolute atomic E-state index is 12.4. The second-order valence-corrected chi connectivity index (χ2v) is 7.06. The van der Waals surface area contributed by atoms with Crippen LogP contribution in [0, 0.1) is 0 Å². The van der Waals surface area contributed by atoms with E-state index in [1.807, 2.05) is 19.1 Å². The lowest BCUT2D eigenvalue weighted by molar-refractivity contribution is -0.128. The van der Waals surface area contributed by atoms with E-state index < -0.39 is 6.10 Å². The van der Waals surface area contributed by atoms with Crippen molar-refractivity contribution < 1.29 is 13.9 Å². The van der Waals surface area contributed by atoms with Crippen LogP contribution in [0.5, 0.6) is 5.75 Å². The molecule has 1 N–H and O–H groups in total. The molecule has 1 saturated carbocycles. The van der Waals surface area contributed by atoms with E-state index in [1.165, 1.54) is 31.7 Å². The van der Waals surface area contributed by atoms with Gasteiger partial charge in [-0.25, -0.2) is 4.79 Å². The summed E-state index contributed by atoms with van der Waals surface area (Å²) in [6, 6.07) is 7.15. The Morgan fingerprint density at radius 3 is 2.65 bits per heavy atom. The summed E-state index contributed by atoms with van der Waals surface area (Å²) < 4.78 is 11.1. The average molecular weight is 357 g/mol. The molecule has 3 rings (SSSR count). The van der Waals surface area contributed by atoms with Crippen LogP contribution in [0.2, 0.25) is 0 Å². The number of hydrogen-bond donors (Lipinski definition) is 1. The minimum absolute atomic E-state index is 0.0965. The van der Waals surface area contributed by atoms with Crippen LogP contribution < -0.4 is 15.7 Å². The topological polar surface area (TPSA) is 68.5 Å². The molecule has 5 nitrogen and oxygen atoms in total. The van der Waals surface area contributed by atoms with Gasteiger partial charge in [-0.05, 0) is 43.9 Å². The van der Waals surface area contributed by atoms with Gasteiger partial charge in [0.05, 0.1) is 0 Å². The normalized spacial score (nSPS) is 16.8. The molecule has 1 aliphatic rings. The lowest BCUT2D eigenvalue weighted by atomic mass is 10.1. The second-order valence-electron chi connectivity index (χ2n) is 7.06. The van der Waals surface area contributed by atoms with Crippen LogP contribution in [0.15, 0.2) is 33.5 Å². The van der Waals surface area contributed by atoms with Crippen molar-refractivity contribution in [2.24, 2.45) is 0 Å². The first-order valence-electron chi connectivity index (χ1n) is 9.60. The van der Waals surface area contributed by atoms with Crippen LogP contribution in [-0.2, 0) is 11.2 Å². The van der Waals surface area contributed by atoms with Crippen LogP contribution in [-0.4, -0.2) is 18.1 Å². The summed E-state index contributed by atoms with van der Waals surface area (Å²) in [6.07, 6.45) is 7.08. The van der Waals surface area contributed by atoms with Gasteiger partial charge in [-0.3, -0.25) is 4.79 Å². The van der Waals surface area contributed by atoms with Gasteiger partial charge in [-0.1, -0.05) is 32.6 Å². The van der Waals surface area contributed by atoms with Gasteiger partial charge in [-0.2, -0.15) is 0 Å². The first kappa shape index (κ1) is 18.5. The standard InChI is InChI=1S/C21H27NO4/c1-3-15-12-20(23)26-19-13-17(10-11-18(15)19)25-14(2)21(24)22-16-8-6-4-5-7-9-16/h10-14,16H,3-9H2,1-2H3,(H,22,24). The Morgan fingerprint density at radius 1 is 1.23 bits per heavy atom. The Labute approximate surface area is 153 Å². The quantitative estimate of drug-likeness (QED) is 0.649. The highest BCUT2D eigenvalue weighted by atomic mass is 16.5. The van der Waals surface area contributed by atoms with Gasteiger partial charge in [0.25, 0.3) is 5.91 Å². The van der Waals surface area contributed by atoms with Gasteiger partial charge in [-0.15, -0.1) is 0 Å². The lowest BCUT2D eigenvalue weighted by Crippen LogP contribution is -2.42. The maximum Gasteiger partial charge on any atom is 0.336 e. The van der Waals surface area contributed by atoms with Gasteiger partial charge >= 0.3 is 5.63 Å². The number of rotatable bonds is 5. The molecule has 1 aromatic heterocycles. The van der Waals surface area contributed by atoms with Crippen LogP contribution in [0.25, 0.3) is 11.0 Å². The highest BCUT2D eigenvalue weighted by Gasteiger charge is 2.20. The Morgan fingerprint density at radius 2 is 1.96 bits per heavy atom. The van der Waals surface area contributed by atoms with Gasteiger partial charge in [0.2, 0.25) is 0 Å². The largest absolute Gasteiger partial charge is 0.481 e. The van der Waals surface area contributed by atoms with Crippen LogP contribution in [0.4, 0.5) is 0 Å². The van der Waals surface area contributed by atoms with E-state index in [9.17, 15) is 9.59 Å². The molecule has 1 amide bonds. The highest BCUT2D eigenvalue weighted by molar-refractivity contribution is 5.83. The fourth-order valence-corrected chi connectivity index (χ4v) is 3.58. The second kappa shape index (κ2) is 8.39. The average Bonchev–Trinajstić information content (AvgIpc) is 2.89. The number of carbonyl (C=O) groups is 1. The predicted octanol–water partition coefficient (Wildman–Crippen LogP) is 3.96. The fraction of sp³-hybridized carbons (Fsp3) is 0.524. The van der Waals surface area contributed by atoms with E-state index in [0.29, 0.717) is 11.3 Å². The summed E-state index contributed by atoms with van der Waals surface area (Å²) >= 11 is 0. The van der Waals surface area contributed by atoms with E-state index in [2.05, 4.69) is 5.32 Å². The minimum Gasteiger partial charge on any atom is -0.481 e. The van der Waals surface area contributed by atoms with Gasteiger partial charge in [0, 0.05) is 23.6 Å². The molecule has 1 fully saturated rings. The number of carbonyl (C=O) groups excluding carboxylic acids is 1. The predicted molar refractivity (Wildman–Crippen MR) is 102 cm³/mol. The molecule has 1 unspecified atom stereocenters. The smallest absolute Gasteiger partial charge is 0.336 e. The summed E-state index contributed by atoms with van der Waals surface area (Å²) in [6.45, 7) is 3.74. The van der Waals surface area contributed by atoms with Crippen molar-refractivity contribution in [3.05, 3.63) is 40.2 Å². The fourth-order valence-electron chi connectivity index (χ4n) is 3.58. The molecule has 1 aromatic carbocycles. The third-order valence-corrected chi connectivity index (χ3v) is 5.07. The number of amides is 1. The zero-order valence-electron chi connectivity index (χ0n) is 15.5. The highest BCUT2D eigenvalue weighted by Crippen LogP contribution is 2.24. The summed E-state index contributed by atoms with van der Waals surface area (Å²) in [5.41, 5.74) is 1.07.